The van der Waals surface area contributed by atoms with E-state index in [1.807, 2.05) is 43.0 Å². The number of benzene rings is 1. The van der Waals surface area contributed by atoms with Gasteiger partial charge in [-0.15, -0.1) is 0 Å². The summed E-state index contributed by atoms with van der Waals surface area (Å²) in [5.74, 6) is 0.0987. The summed E-state index contributed by atoms with van der Waals surface area (Å²) in [5.41, 5.74) is 2.11. The van der Waals surface area contributed by atoms with E-state index in [1.165, 1.54) is 5.56 Å². The topological polar surface area (TPSA) is 61.4 Å². The predicted molar refractivity (Wildman–Crippen MR) is 97.0 cm³/mol. The number of anilines is 1. The number of rotatable bonds is 4. The van der Waals surface area contributed by atoms with Gasteiger partial charge in [0, 0.05) is 18.8 Å². The molecule has 0 radical (unpaired) electrons. The lowest BCUT2D eigenvalue weighted by Crippen LogP contribution is -2.58. The normalized spacial score (nSPS) is 19.2. The van der Waals surface area contributed by atoms with E-state index in [-0.39, 0.29) is 35.7 Å². The maximum atomic E-state index is 12.4. The number of amides is 2. The fourth-order valence-electron chi connectivity index (χ4n) is 3.07. The second-order valence-corrected chi connectivity index (χ2v) is 7.83. The van der Waals surface area contributed by atoms with Crippen molar-refractivity contribution in [2.75, 3.05) is 25.0 Å². The van der Waals surface area contributed by atoms with E-state index in [0.29, 0.717) is 13.1 Å². The highest BCUT2D eigenvalue weighted by molar-refractivity contribution is 5.93. The fourth-order valence-corrected chi connectivity index (χ4v) is 3.07. The Morgan fingerprint density at radius 2 is 1.92 bits per heavy atom. The molecule has 0 saturated carbocycles. The molecule has 1 aliphatic rings. The van der Waals surface area contributed by atoms with Gasteiger partial charge in [0.2, 0.25) is 11.8 Å². The minimum Gasteiger partial charge on any atom is -0.353 e. The third-order valence-electron chi connectivity index (χ3n) is 4.37. The van der Waals surface area contributed by atoms with Gasteiger partial charge in [-0.2, -0.15) is 0 Å². The third kappa shape index (κ3) is 4.57. The van der Waals surface area contributed by atoms with Crippen LogP contribution in [0.25, 0.3) is 0 Å². The highest BCUT2D eigenvalue weighted by atomic mass is 16.2. The Morgan fingerprint density at radius 1 is 1.29 bits per heavy atom. The van der Waals surface area contributed by atoms with Crippen molar-refractivity contribution in [3.05, 3.63) is 29.8 Å². The Labute approximate surface area is 144 Å². The SMILES string of the molecule is CC(C)C1C(=O)NCCN1CC(=O)Nc1ccc(C(C)(C)C)cc1. The molecule has 1 atom stereocenters. The number of carbonyl (C=O) groups excluding carboxylic acids is 2. The number of carbonyl (C=O) groups is 2. The summed E-state index contributed by atoms with van der Waals surface area (Å²) < 4.78 is 0. The molecule has 1 aliphatic heterocycles. The van der Waals surface area contributed by atoms with Crippen LogP contribution >= 0.6 is 0 Å². The summed E-state index contributed by atoms with van der Waals surface area (Å²) in [6, 6.07) is 7.71. The molecule has 0 aliphatic carbocycles. The van der Waals surface area contributed by atoms with Crippen LogP contribution in [0.3, 0.4) is 0 Å². The van der Waals surface area contributed by atoms with Gasteiger partial charge in [-0.05, 0) is 29.0 Å². The average molecular weight is 331 g/mol. The number of hydrogen-bond acceptors (Lipinski definition) is 3. The highest BCUT2D eigenvalue weighted by Crippen LogP contribution is 2.23. The average Bonchev–Trinajstić information content (AvgIpc) is 2.46. The summed E-state index contributed by atoms with van der Waals surface area (Å²) in [4.78, 5) is 26.3. The van der Waals surface area contributed by atoms with E-state index in [0.717, 1.165) is 5.69 Å². The van der Waals surface area contributed by atoms with Crippen molar-refractivity contribution in [2.24, 2.45) is 5.92 Å². The first-order valence-corrected chi connectivity index (χ1v) is 8.60. The summed E-state index contributed by atoms with van der Waals surface area (Å²) in [5, 5.41) is 5.80. The summed E-state index contributed by atoms with van der Waals surface area (Å²) in [6.07, 6.45) is 0. The van der Waals surface area contributed by atoms with Gasteiger partial charge >= 0.3 is 0 Å². The molecule has 132 valence electrons. The molecule has 0 bridgehead atoms. The van der Waals surface area contributed by atoms with Gasteiger partial charge < -0.3 is 10.6 Å². The molecule has 1 fully saturated rings. The molecule has 24 heavy (non-hydrogen) atoms. The van der Waals surface area contributed by atoms with Gasteiger partial charge in [-0.3, -0.25) is 14.5 Å². The molecule has 2 amide bonds. The molecule has 0 aromatic heterocycles. The van der Waals surface area contributed by atoms with Crippen LogP contribution in [0.5, 0.6) is 0 Å². The Hall–Kier alpha value is -1.88. The van der Waals surface area contributed by atoms with Crippen LogP contribution in [-0.4, -0.2) is 42.4 Å². The Bertz CT molecular complexity index is 588. The maximum absolute atomic E-state index is 12.4. The molecule has 5 heteroatoms. The van der Waals surface area contributed by atoms with E-state index in [9.17, 15) is 9.59 Å². The van der Waals surface area contributed by atoms with E-state index in [4.69, 9.17) is 0 Å². The molecule has 1 aromatic carbocycles. The van der Waals surface area contributed by atoms with E-state index in [2.05, 4.69) is 31.4 Å². The lowest BCUT2D eigenvalue weighted by molar-refractivity contribution is -0.132. The van der Waals surface area contributed by atoms with Crippen LogP contribution in [0.15, 0.2) is 24.3 Å². The van der Waals surface area contributed by atoms with E-state index >= 15 is 0 Å². The monoisotopic (exact) mass is 331 g/mol. The van der Waals surface area contributed by atoms with Crippen molar-refractivity contribution in [2.45, 2.75) is 46.1 Å². The molecule has 1 unspecified atom stereocenters. The van der Waals surface area contributed by atoms with E-state index < -0.39 is 0 Å². The minimum absolute atomic E-state index is 0.0126. The Balaban J connectivity index is 1.98. The van der Waals surface area contributed by atoms with Crippen LogP contribution in [0.1, 0.15) is 40.2 Å². The molecule has 2 N–H and O–H groups in total. The zero-order valence-corrected chi connectivity index (χ0v) is 15.3. The molecule has 1 heterocycles. The Morgan fingerprint density at radius 3 is 2.46 bits per heavy atom. The van der Waals surface area contributed by atoms with Crippen LogP contribution in [0.2, 0.25) is 0 Å². The molecular formula is C19H29N3O2. The molecule has 1 saturated heterocycles. The number of hydrogen-bond donors (Lipinski definition) is 2. The molecule has 5 nitrogen and oxygen atoms in total. The smallest absolute Gasteiger partial charge is 0.238 e. The Kier molecular flexibility index (Phi) is 5.65. The highest BCUT2D eigenvalue weighted by Gasteiger charge is 2.33. The maximum Gasteiger partial charge on any atom is 0.238 e. The number of nitrogens with zero attached hydrogens (tertiary/aromatic N) is 1. The van der Waals surface area contributed by atoms with Gasteiger partial charge in [-0.1, -0.05) is 46.8 Å². The van der Waals surface area contributed by atoms with Crippen LogP contribution in [-0.2, 0) is 15.0 Å². The lowest BCUT2D eigenvalue weighted by atomic mass is 9.87. The van der Waals surface area contributed by atoms with Crippen LogP contribution in [0, 0.1) is 5.92 Å². The number of piperazine rings is 1. The van der Waals surface area contributed by atoms with Gasteiger partial charge in [0.1, 0.15) is 0 Å². The second-order valence-electron chi connectivity index (χ2n) is 7.83. The van der Waals surface area contributed by atoms with Crippen molar-refractivity contribution >= 4 is 17.5 Å². The van der Waals surface area contributed by atoms with Gasteiger partial charge in [0.25, 0.3) is 0 Å². The zero-order valence-electron chi connectivity index (χ0n) is 15.3. The minimum atomic E-state index is -0.243. The molecule has 1 aromatic rings. The summed E-state index contributed by atoms with van der Waals surface area (Å²) in [7, 11) is 0. The predicted octanol–water partition coefficient (Wildman–Crippen LogP) is 2.38. The van der Waals surface area contributed by atoms with Gasteiger partial charge in [0.05, 0.1) is 12.6 Å². The summed E-state index contributed by atoms with van der Waals surface area (Å²) in [6.45, 7) is 12.0. The zero-order chi connectivity index (χ0) is 17.9. The van der Waals surface area contributed by atoms with Crippen molar-refractivity contribution in [3.63, 3.8) is 0 Å². The first-order chi connectivity index (χ1) is 11.2. The van der Waals surface area contributed by atoms with Crippen molar-refractivity contribution in [1.82, 2.24) is 10.2 Å². The van der Waals surface area contributed by atoms with Gasteiger partial charge in [0.15, 0.2) is 0 Å². The van der Waals surface area contributed by atoms with Crippen LogP contribution < -0.4 is 10.6 Å². The first-order valence-electron chi connectivity index (χ1n) is 8.60. The van der Waals surface area contributed by atoms with Crippen molar-refractivity contribution in [1.29, 1.82) is 0 Å². The lowest BCUT2D eigenvalue weighted by Gasteiger charge is -2.36. The third-order valence-corrected chi connectivity index (χ3v) is 4.37. The molecule has 0 spiro atoms. The molecular weight excluding hydrogens is 302 g/mol. The van der Waals surface area contributed by atoms with Crippen molar-refractivity contribution in [3.8, 4) is 0 Å². The second kappa shape index (κ2) is 7.34. The van der Waals surface area contributed by atoms with E-state index in [1.54, 1.807) is 0 Å². The van der Waals surface area contributed by atoms with Gasteiger partial charge in [-0.25, -0.2) is 0 Å². The van der Waals surface area contributed by atoms with Crippen LogP contribution in [0.4, 0.5) is 5.69 Å². The number of nitrogens with one attached hydrogen (secondary N) is 2. The van der Waals surface area contributed by atoms with Crippen molar-refractivity contribution < 1.29 is 9.59 Å². The quantitative estimate of drug-likeness (QED) is 0.890. The summed E-state index contributed by atoms with van der Waals surface area (Å²) >= 11 is 0. The fraction of sp³-hybridized carbons (Fsp3) is 0.579. The molecule has 2 rings (SSSR count). The first kappa shape index (κ1) is 18.5. The largest absolute Gasteiger partial charge is 0.353 e. The standard InChI is InChI=1S/C19H29N3O2/c1-13(2)17-18(24)20-10-11-22(17)12-16(23)21-15-8-6-14(7-9-15)19(3,4)5/h6-9,13,17H,10-12H2,1-5H3,(H,20,24)(H,21,23).